The number of hydrogen-bond donors (Lipinski definition) is 1. The van der Waals surface area contributed by atoms with Gasteiger partial charge in [-0.15, -0.1) is 0 Å². The lowest BCUT2D eigenvalue weighted by Crippen LogP contribution is -2.33. The van der Waals surface area contributed by atoms with E-state index in [1.807, 2.05) is 16.8 Å². The minimum Gasteiger partial charge on any atom is -0.442 e. The van der Waals surface area contributed by atoms with Crippen molar-refractivity contribution >= 4 is 17.7 Å². The van der Waals surface area contributed by atoms with E-state index in [9.17, 15) is 14.0 Å². The zero-order valence-electron chi connectivity index (χ0n) is 16.3. The van der Waals surface area contributed by atoms with E-state index in [1.165, 1.54) is 17.9 Å². The van der Waals surface area contributed by atoms with E-state index in [2.05, 4.69) is 15.3 Å². The van der Waals surface area contributed by atoms with Crippen LogP contribution in [0.15, 0.2) is 55.2 Å². The maximum absolute atomic E-state index is 14.9. The van der Waals surface area contributed by atoms with E-state index in [1.54, 1.807) is 36.9 Å². The van der Waals surface area contributed by atoms with Gasteiger partial charge in [-0.05, 0) is 35.9 Å². The minimum absolute atomic E-state index is 0.204. The van der Waals surface area contributed by atoms with Crippen molar-refractivity contribution < 1.29 is 18.7 Å². The van der Waals surface area contributed by atoms with Crippen molar-refractivity contribution in [3.63, 3.8) is 0 Å². The van der Waals surface area contributed by atoms with Crippen LogP contribution in [0.25, 0.3) is 11.1 Å². The summed E-state index contributed by atoms with van der Waals surface area (Å²) in [5, 5.41) is 2.61. The first-order chi connectivity index (χ1) is 14.5. The van der Waals surface area contributed by atoms with Gasteiger partial charge in [0, 0.05) is 31.1 Å². The molecule has 0 spiro atoms. The van der Waals surface area contributed by atoms with Gasteiger partial charge in [0.15, 0.2) is 0 Å². The highest BCUT2D eigenvalue weighted by Crippen LogP contribution is 2.29. The Bertz CT molecular complexity index is 1070. The van der Waals surface area contributed by atoms with Gasteiger partial charge in [-0.3, -0.25) is 14.7 Å². The maximum Gasteiger partial charge on any atom is 0.414 e. The summed E-state index contributed by atoms with van der Waals surface area (Å²) in [7, 11) is 0. The minimum atomic E-state index is -0.566. The number of halogens is 1. The van der Waals surface area contributed by atoms with Crippen molar-refractivity contribution in [2.24, 2.45) is 0 Å². The average Bonchev–Trinajstić information content (AvgIpc) is 3.36. The second-order valence-electron chi connectivity index (χ2n) is 6.99. The molecule has 30 heavy (non-hydrogen) atoms. The van der Waals surface area contributed by atoms with E-state index in [0.29, 0.717) is 23.4 Å². The number of imidazole rings is 1. The van der Waals surface area contributed by atoms with Crippen LogP contribution in [-0.4, -0.2) is 45.7 Å². The normalized spacial score (nSPS) is 15.9. The number of carbonyl (C=O) groups is 2. The molecule has 4 rings (SSSR count). The topological polar surface area (TPSA) is 89.4 Å². The molecule has 0 radical (unpaired) electrons. The van der Waals surface area contributed by atoms with Crippen LogP contribution in [0.5, 0.6) is 0 Å². The Labute approximate surface area is 172 Å². The van der Waals surface area contributed by atoms with E-state index in [0.717, 1.165) is 5.69 Å². The zero-order valence-corrected chi connectivity index (χ0v) is 16.3. The van der Waals surface area contributed by atoms with Crippen molar-refractivity contribution in [1.29, 1.82) is 0 Å². The molecule has 3 aromatic rings. The van der Waals surface area contributed by atoms with Gasteiger partial charge in [-0.25, -0.2) is 14.2 Å². The predicted octanol–water partition coefficient (Wildman–Crippen LogP) is 2.59. The van der Waals surface area contributed by atoms with Crippen molar-refractivity contribution in [3.05, 3.63) is 66.8 Å². The molecule has 8 nitrogen and oxygen atoms in total. The highest BCUT2D eigenvalue weighted by molar-refractivity contribution is 5.90. The number of cyclic esters (lactones) is 1. The number of rotatable bonds is 6. The third-order valence-corrected chi connectivity index (χ3v) is 4.75. The molecule has 0 bridgehead atoms. The molecular formula is C21H20FN5O3. The first-order valence-corrected chi connectivity index (χ1v) is 9.43. The van der Waals surface area contributed by atoms with Crippen LogP contribution >= 0.6 is 0 Å². The SMILES string of the molecule is CC(=O)NCC1CN(c2ccc(-c3ccnc(Cn4ccnc4)c3)c(F)c2)C(=O)O1. The van der Waals surface area contributed by atoms with E-state index in [-0.39, 0.29) is 19.0 Å². The smallest absolute Gasteiger partial charge is 0.414 e. The van der Waals surface area contributed by atoms with Crippen molar-refractivity contribution in [1.82, 2.24) is 19.9 Å². The summed E-state index contributed by atoms with van der Waals surface area (Å²) >= 11 is 0. The lowest BCUT2D eigenvalue weighted by Gasteiger charge is -2.15. The van der Waals surface area contributed by atoms with Crippen LogP contribution in [0, 0.1) is 5.82 Å². The number of aromatic nitrogens is 3. The molecule has 0 aliphatic carbocycles. The second-order valence-corrected chi connectivity index (χ2v) is 6.99. The third-order valence-electron chi connectivity index (χ3n) is 4.75. The molecule has 1 aliphatic rings. The summed E-state index contributed by atoms with van der Waals surface area (Å²) in [6, 6.07) is 8.19. The van der Waals surface area contributed by atoms with Crippen LogP contribution in [0.3, 0.4) is 0 Å². The quantitative estimate of drug-likeness (QED) is 0.676. The fourth-order valence-corrected chi connectivity index (χ4v) is 3.30. The summed E-state index contributed by atoms with van der Waals surface area (Å²) in [4.78, 5) is 32.9. The van der Waals surface area contributed by atoms with Crippen LogP contribution in [0.4, 0.5) is 14.9 Å². The molecule has 9 heteroatoms. The largest absolute Gasteiger partial charge is 0.442 e. The van der Waals surface area contributed by atoms with Gasteiger partial charge in [0.1, 0.15) is 11.9 Å². The number of hydrogen-bond acceptors (Lipinski definition) is 5. The van der Waals surface area contributed by atoms with E-state index in [4.69, 9.17) is 4.74 Å². The summed E-state index contributed by atoms with van der Waals surface area (Å²) in [6.07, 6.45) is 5.81. The van der Waals surface area contributed by atoms with Crippen molar-refractivity contribution in [2.45, 2.75) is 19.6 Å². The van der Waals surface area contributed by atoms with Crippen molar-refractivity contribution in [2.75, 3.05) is 18.0 Å². The van der Waals surface area contributed by atoms with Gasteiger partial charge in [0.05, 0.1) is 37.3 Å². The molecule has 0 saturated carbocycles. The molecule has 3 heterocycles. The predicted molar refractivity (Wildman–Crippen MR) is 107 cm³/mol. The number of ether oxygens (including phenoxy) is 1. The summed E-state index contributed by atoms with van der Waals surface area (Å²) in [5.41, 5.74) is 2.28. The van der Waals surface area contributed by atoms with E-state index >= 15 is 0 Å². The van der Waals surface area contributed by atoms with Gasteiger partial charge < -0.3 is 14.6 Å². The van der Waals surface area contributed by atoms with Gasteiger partial charge in [0.25, 0.3) is 0 Å². The van der Waals surface area contributed by atoms with Gasteiger partial charge in [0.2, 0.25) is 5.91 Å². The van der Waals surface area contributed by atoms with Crippen LogP contribution in [0.2, 0.25) is 0 Å². The summed E-state index contributed by atoms with van der Waals surface area (Å²) < 4.78 is 22.0. The molecule has 1 N–H and O–H groups in total. The molecule has 2 aromatic heterocycles. The molecule has 1 aliphatic heterocycles. The highest BCUT2D eigenvalue weighted by Gasteiger charge is 2.32. The maximum atomic E-state index is 14.9. The Morgan fingerprint density at radius 1 is 1.30 bits per heavy atom. The molecule has 154 valence electrons. The Balaban J connectivity index is 1.51. The summed E-state index contributed by atoms with van der Waals surface area (Å²) in [5.74, 6) is -0.657. The van der Waals surface area contributed by atoms with E-state index < -0.39 is 18.0 Å². The Hall–Kier alpha value is -3.75. The van der Waals surface area contributed by atoms with Gasteiger partial charge >= 0.3 is 6.09 Å². The number of benzene rings is 1. The molecule has 1 fully saturated rings. The molecule has 1 atom stereocenters. The Morgan fingerprint density at radius 2 is 2.17 bits per heavy atom. The molecule has 2 amide bonds. The molecular weight excluding hydrogens is 389 g/mol. The van der Waals surface area contributed by atoms with Gasteiger partial charge in [-0.2, -0.15) is 0 Å². The lowest BCUT2D eigenvalue weighted by molar-refractivity contribution is -0.119. The Morgan fingerprint density at radius 3 is 2.90 bits per heavy atom. The zero-order chi connectivity index (χ0) is 21.1. The summed E-state index contributed by atoms with van der Waals surface area (Å²) in [6.45, 7) is 2.38. The fourth-order valence-electron chi connectivity index (χ4n) is 3.30. The number of nitrogens with zero attached hydrogens (tertiary/aromatic N) is 4. The van der Waals surface area contributed by atoms with Gasteiger partial charge in [-0.1, -0.05) is 0 Å². The van der Waals surface area contributed by atoms with Crippen LogP contribution in [0.1, 0.15) is 12.6 Å². The number of nitrogens with one attached hydrogen (secondary N) is 1. The first kappa shape index (κ1) is 19.6. The molecule has 1 aromatic carbocycles. The number of amides is 2. The fraction of sp³-hybridized carbons (Fsp3) is 0.238. The highest BCUT2D eigenvalue weighted by atomic mass is 19.1. The van der Waals surface area contributed by atoms with Crippen LogP contribution < -0.4 is 10.2 Å². The average molecular weight is 409 g/mol. The first-order valence-electron chi connectivity index (χ1n) is 9.43. The Kier molecular flexibility index (Phi) is 5.42. The second kappa shape index (κ2) is 8.32. The van der Waals surface area contributed by atoms with Crippen molar-refractivity contribution in [3.8, 4) is 11.1 Å². The lowest BCUT2D eigenvalue weighted by atomic mass is 10.0. The van der Waals surface area contributed by atoms with Crippen LogP contribution in [-0.2, 0) is 16.1 Å². The number of anilines is 1. The standard InChI is InChI=1S/C21H20FN5O3/c1-14(28)25-10-18-12-27(21(29)30-18)17-2-3-19(20(22)9-17)15-4-5-24-16(8-15)11-26-7-6-23-13-26/h2-9,13,18H,10-12H2,1H3,(H,25,28). The molecule has 1 saturated heterocycles. The molecule has 1 unspecified atom stereocenters. The monoisotopic (exact) mass is 409 g/mol. The number of carbonyl (C=O) groups excluding carboxylic acids is 2. The third kappa shape index (κ3) is 4.29. The number of pyridine rings is 1.